The second-order valence-corrected chi connectivity index (χ2v) is 7.22. The monoisotopic (exact) mass is 402 g/mol. The summed E-state index contributed by atoms with van der Waals surface area (Å²) in [5, 5.41) is 20.2. The summed E-state index contributed by atoms with van der Waals surface area (Å²) in [6.45, 7) is 5.05. The molecule has 0 aliphatic carbocycles. The number of carbonyl (C=O) groups is 1. The number of rotatable bonds is 6. The number of ketones is 1. The standard InChI is InChI=1S/C24H22N2O4/c1-15-9-16(2)11-19(10-15)30-14-21(27)22-17(3)20(12-25)23(28)26(24(22)29)13-18-7-5-4-6-8-18/h4-11,29H,13-14H2,1-3H3. The second kappa shape index (κ2) is 8.66. The van der Waals surface area contributed by atoms with Gasteiger partial charge in [-0.1, -0.05) is 36.4 Å². The summed E-state index contributed by atoms with van der Waals surface area (Å²) in [4.78, 5) is 25.6. The minimum Gasteiger partial charge on any atom is -0.494 e. The van der Waals surface area contributed by atoms with Crippen LogP contribution in [-0.4, -0.2) is 22.1 Å². The van der Waals surface area contributed by atoms with E-state index in [2.05, 4.69) is 0 Å². The van der Waals surface area contributed by atoms with Gasteiger partial charge in [-0.25, -0.2) is 0 Å². The summed E-state index contributed by atoms with van der Waals surface area (Å²) in [5.41, 5.74) is 2.03. The number of aromatic hydroxyl groups is 1. The molecule has 6 nitrogen and oxygen atoms in total. The number of carbonyl (C=O) groups excluding carboxylic acids is 1. The first kappa shape index (κ1) is 20.9. The predicted molar refractivity (Wildman–Crippen MR) is 113 cm³/mol. The fraction of sp³-hybridized carbons (Fsp3) is 0.208. The number of ether oxygens (including phenoxy) is 1. The van der Waals surface area contributed by atoms with Gasteiger partial charge in [0.25, 0.3) is 5.56 Å². The smallest absolute Gasteiger partial charge is 0.271 e. The Labute approximate surface area is 174 Å². The van der Waals surface area contributed by atoms with E-state index in [4.69, 9.17) is 4.74 Å². The quantitative estimate of drug-likeness (QED) is 0.635. The Morgan fingerprint density at radius 1 is 1.10 bits per heavy atom. The van der Waals surface area contributed by atoms with Crippen molar-refractivity contribution in [3.63, 3.8) is 0 Å². The number of hydrogen-bond acceptors (Lipinski definition) is 5. The molecule has 2 aromatic carbocycles. The zero-order chi connectivity index (χ0) is 21.8. The Kier molecular flexibility index (Phi) is 6.03. The van der Waals surface area contributed by atoms with Gasteiger partial charge < -0.3 is 9.84 Å². The van der Waals surface area contributed by atoms with Gasteiger partial charge >= 0.3 is 0 Å². The maximum Gasteiger partial charge on any atom is 0.271 e. The third kappa shape index (κ3) is 4.26. The molecule has 152 valence electrons. The average molecular weight is 402 g/mol. The van der Waals surface area contributed by atoms with Crippen LogP contribution in [0.3, 0.4) is 0 Å². The first-order valence-corrected chi connectivity index (χ1v) is 9.46. The number of nitriles is 1. The third-order valence-electron chi connectivity index (χ3n) is 4.83. The molecule has 30 heavy (non-hydrogen) atoms. The molecule has 3 rings (SSSR count). The zero-order valence-electron chi connectivity index (χ0n) is 17.1. The minimum atomic E-state index is -0.636. The van der Waals surface area contributed by atoms with E-state index in [1.165, 1.54) is 6.92 Å². The topological polar surface area (TPSA) is 92.3 Å². The maximum absolute atomic E-state index is 12.9. The number of nitrogens with zero attached hydrogens (tertiary/aromatic N) is 2. The SMILES string of the molecule is Cc1cc(C)cc(OCC(=O)c2c(C)c(C#N)c(=O)n(Cc3ccccc3)c2O)c1. The third-order valence-corrected chi connectivity index (χ3v) is 4.83. The van der Waals surface area contributed by atoms with Crippen LogP contribution in [0.1, 0.15) is 38.2 Å². The lowest BCUT2D eigenvalue weighted by Gasteiger charge is -2.16. The fourth-order valence-corrected chi connectivity index (χ4v) is 3.43. The minimum absolute atomic E-state index is 0.0404. The highest BCUT2D eigenvalue weighted by atomic mass is 16.5. The zero-order valence-corrected chi connectivity index (χ0v) is 17.1. The number of hydrogen-bond donors (Lipinski definition) is 1. The molecular formula is C24H22N2O4. The van der Waals surface area contributed by atoms with E-state index in [1.54, 1.807) is 24.3 Å². The summed E-state index contributed by atoms with van der Waals surface area (Å²) in [6.07, 6.45) is 0. The molecule has 1 heterocycles. The first-order chi connectivity index (χ1) is 14.3. The van der Waals surface area contributed by atoms with Crippen molar-refractivity contribution in [2.75, 3.05) is 6.61 Å². The molecule has 1 aromatic heterocycles. The Morgan fingerprint density at radius 2 is 1.73 bits per heavy atom. The number of aryl methyl sites for hydroxylation is 2. The van der Waals surface area contributed by atoms with Crippen LogP contribution in [-0.2, 0) is 6.54 Å². The molecule has 0 bridgehead atoms. The molecule has 0 unspecified atom stereocenters. The first-order valence-electron chi connectivity index (χ1n) is 9.46. The number of benzene rings is 2. The van der Waals surface area contributed by atoms with E-state index in [9.17, 15) is 20.0 Å². The number of pyridine rings is 1. The lowest BCUT2D eigenvalue weighted by atomic mass is 10.0. The summed E-state index contributed by atoms with van der Waals surface area (Å²) >= 11 is 0. The lowest BCUT2D eigenvalue weighted by molar-refractivity contribution is 0.0916. The van der Waals surface area contributed by atoms with Crippen LogP contribution >= 0.6 is 0 Å². The molecule has 0 aliphatic rings. The van der Waals surface area contributed by atoms with Crippen molar-refractivity contribution in [2.45, 2.75) is 27.3 Å². The second-order valence-electron chi connectivity index (χ2n) is 7.22. The summed E-state index contributed by atoms with van der Waals surface area (Å²) in [7, 11) is 0. The van der Waals surface area contributed by atoms with Crippen molar-refractivity contribution < 1.29 is 14.6 Å². The van der Waals surface area contributed by atoms with Gasteiger partial charge in [-0.2, -0.15) is 5.26 Å². The molecule has 0 saturated carbocycles. The van der Waals surface area contributed by atoms with E-state index in [0.717, 1.165) is 21.3 Å². The van der Waals surface area contributed by atoms with Gasteiger partial charge in [0, 0.05) is 0 Å². The van der Waals surface area contributed by atoms with Gasteiger partial charge in [0.1, 0.15) is 17.4 Å². The van der Waals surface area contributed by atoms with Gasteiger partial charge in [0.15, 0.2) is 6.61 Å². The van der Waals surface area contributed by atoms with Crippen LogP contribution in [0.25, 0.3) is 0 Å². The Morgan fingerprint density at radius 3 is 2.33 bits per heavy atom. The summed E-state index contributed by atoms with van der Waals surface area (Å²) in [6, 6.07) is 16.5. The van der Waals surface area contributed by atoms with Crippen LogP contribution in [0.4, 0.5) is 0 Å². The average Bonchev–Trinajstić information content (AvgIpc) is 2.70. The van der Waals surface area contributed by atoms with Gasteiger partial charge in [-0.15, -0.1) is 0 Å². The Hall–Kier alpha value is -3.85. The van der Waals surface area contributed by atoms with Crippen molar-refractivity contribution >= 4 is 5.78 Å². The van der Waals surface area contributed by atoms with Crippen molar-refractivity contribution in [1.29, 1.82) is 5.26 Å². The molecule has 6 heteroatoms. The predicted octanol–water partition coefficient (Wildman–Crippen LogP) is 3.66. The van der Waals surface area contributed by atoms with Crippen LogP contribution in [0.2, 0.25) is 0 Å². The van der Waals surface area contributed by atoms with E-state index < -0.39 is 17.2 Å². The lowest BCUT2D eigenvalue weighted by Crippen LogP contribution is -2.28. The maximum atomic E-state index is 12.9. The largest absolute Gasteiger partial charge is 0.494 e. The van der Waals surface area contributed by atoms with Crippen molar-refractivity contribution in [2.24, 2.45) is 0 Å². The number of aromatic nitrogens is 1. The normalized spacial score (nSPS) is 10.5. The van der Waals surface area contributed by atoms with Crippen LogP contribution < -0.4 is 10.3 Å². The highest BCUT2D eigenvalue weighted by molar-refractivity contribution is 6.01. The van der Waals surface area contributed by atoms with Crippen molar-refractivity contribution in [1.82, 2.24) is 4.57 Å². The molecule has 0 aliphatic heterocycles. The molecule has 0 fully saturated rings. The Balaban J connectivity index is 1.98. The number of Topliss-reactive ketones (excluding diaryl/α,β-unsaturated/α-hetero) is 1. The Bertz CT molecular complexity index is 1180. The molecule has 0 saturated heterocycles. The van der Waals surface area contributed by atoms with E-state index in [0.29, 0.717) is 5.75 Å². The van der Waals surface area contributed by atoms with Gasteiger partial charge in [0.2, 0.25) is 11.7 Å². The van der Waals surface area contributed by atoms with Crippen molar-refractivity contribution in [3.05, 3.63) is 92.3 Å². The van der Waals surface area contributed by atoms with Gasteiger partial charge in [-0.05, 0) is 55.2 Å². The van der Waals surface area contributed by atoms with Gasteiger partial charge in [0.05, 0.1) is 12.1 Å². The molecule has 0 spiro atoms. The molecule has 1 N–H and O–H groups in total. The van der Waals surface area contributed by atoms with Crippen LogP contribution in [0, 0.1) is 32.1 Å². The van der Waals surface area contributed by atoms with Gasteiger partial charge in [-0.3, -0.25) is 14.2 Å². The molecule has 3 aromatic rings. The van der Waals surface area contributed by atoms with E-state index in [1.807, 2.05) is 44.2 Å². The van der Waals surface area contributed by atoms with E-state index in [-0.39, 0.29) is 29.8 Å². The van der Waals surface area contributed by atoms with Crippen molar-refractivity contribution in [3.8, 4) is 17.7 Å². The molecule has 0 atom stereocenters. The van der Waals surface area contributed by atoms with Crippen LogP contribution in [0.5, 0.6) is 11.6 Å². The van der Waals surface area contributed by atoms with Crippen LogP contribution in [0.15, 0.2) is 53.3 Å². The fourth-order valence-electron chi connectivity index (χ4n) is 3.43. The van der Waals surface area contributed by atoms with E-state index >= 15 is 0 Å². The highest BCUT2D eigenvalue weighted by Gasteiger charge is 2.24. The molecule has 0 radical (unpaired) electrons. The summed E-state index contributed by atoms with van der Waals surface area (Å²) in [5.74, 6) is -0.437. The highest BCUT2D eigenvalue weighted by Crippen LogP contribution is 2.24. The molecular weight excluding hydrogens is 380 g/mol. The summed E-state index contributed by atoms with van der Waals surface area (Å²) < 4.78 is 6.67. The molecule has 0 amide bonds.